The second kappa shape index (κ2) is 10.6. The highest BCUT2D eigenvalue weighted by atomic mass is 19.1. The third-order valence-electron chi connectivity index (χ3n) is 4.76. The lowest BCUT2D eigenvalue weighted by molar-refractivity contribution is -0.132. The molecular weight excluding hydrogens is 365 g/mol. The maximum atomic E-state index is 13.2. The largest absolute Gasteiger partial charge is 0.450 e. The van der Waals surface area contributed by atoms with Crippen LogP contribution in [0.1, 0.15) is 32.3 Å². The van der Waals surface area contributed by atoms with Crippen molar-refractivity contribution >= 4 is 17.9 Å². The minimum absolute atomic E-state index is 0.0308. The number of nitrogens with zero attached hydrogens (tertiary/aromatic N) is 2. The summed E-state index contributed by atoms with van der Waals surface area (Å²) in [6.07, 6.45) is 1.13. The summed E-state index contributed by atoms with van der Waals surface area (Å²) < 4.78 is 18.2. The van der Waals surface area contributed by atoms with E-state index in [9.17, 15) is 18.8 Å². The van der Waals surface area contributed by atoms with Crippen LogP contribution in [0.25, 0.3) is 0 Å². The van der Waals surface area contributed by atoms with E-state index in [1.807, 2.05) is 0 Å². The fourth-order valence-corrected chi connectivity index (χ4v) is 3.38. The van der Waals surface area contributed by atoms with Gasteiger partial charge in [0.25, 0.3) is 0 Å². The highest BCUT2D eigenvalue weighted by Gasteiger charge is 2.28. The molecule has 1 aromatic rings. The quantitative estimate of drug-likeness (QED) is 0.768. The Morgan fingerprint density at radius 2 is 2.00 bits per heavy atom. The average molecular weight is 393 g/mol. The van der Waals surface area contributed by atoms with Gasteiger partial charge in [-0.25, -0.2) is 9.18 Å². The van der Waals surface area contributed by atoms with Crippen LogP contribution in [0.15, 0.2) is 24.3 Å². The fourth-order valence-electron chi connectivity index (χ4n) is 3.38. The normalized spacial score (nSPS) is 14.5. The molecule has 0 aliphatic carbocycles. The predicted molar refractivity (Wildman–Crippen MR) is 102 cm³/mol. The van der Waals surface area contributed by atoms with Gasteiger partial charge in [-0.15, -0.1) is 0 Å². The molecule has 1 aliphatic heterocycles. The minimum atomic E-state index is -0.373. The summed E-state index contributed by atoms with van der Waals surface area (Å²) in [5.41, 5.74) is 0.604. The maximum absolute atomic E-state index is 13.2. The van der Waals surface area contributed by atoms with Crippen molar-refractivity contribution in [1.82, 2.24) is 15.1 Å². The van der Waals surface area contributed by atoms with Crippen molar-refractivity contribution in [2.75, 3.05) is 32.8 Å². The van der Waals surface area contributed by atoms with Gasteiger partial charge >= 0.3 is 6.09 Å². The Balaban J connectivity index is 1.78. The van der Waals surface area contributed by atoms with Crippen molar-refractivity contribution in [3.63, 3.8) is 0 Å². The molecule has 8 heteroatoms. The highest BCUT2D eigenvalue weighted by molar-refractivity contribution is 5.78. The zero-order chi connectivity index (χ0) is 20.5. The van der Waals surface area contributed by atoms with Gasteiger partial charge < -0.3 is 19.9 Å². The smallest absolute Gasteiger partial charge is 0.409 e. The summed E-state index contributed by atoms with van der Waals surface area (Å²) in [6.45, 7) is 5.42. The predicted octanol–water partition coefficient (Wildman–Crippen LogP) is 1.95. The van der Waals surface area contributed by atoms with Gasteiger partial charge in [-0.1, -0.05) is 12.1 Å². The van der Waals surface area contributed by atoms with Gasteiger partial charge in [-0.2, -0.15) is 0 Å². The summed E-state index contributed by atoms with van der Waals surface area (Å²) >= 11 is 0. The minimum Gasteiger partial charge on any atom is -0.450 e. The number of hydrogen-bond donors (Lipinski definition) is 1. The van der Waals surface area contributed by atoms with E-state index >= 15 is 0 Å². The first-order valence-corrected chi connectivity index (χ1v) is 9.60. The lowest BCUT2D eigenvalue weighted by Crippen LogP contribution is -2.50. The topological polar surface area (TPSA) is 79.0 Å². The Kier molecular flexibility index (Phi) is 8.22. The third-order valence-corrected chi connectivity index (χ3v) is 4.76. The lowest BCUT2D eigenvalue weighted by Gasteiger charge is -2.37. The van der Waals surface area contributed by atoms with Crippen molar-refractivity contribution in [2.45, 2.75) is 39.2 Å². The molecule has 3 amide bonds. The van der Waals surface area contributed by atoms with Gasteiger partial charge in [0.1, 0.15) is 5.82 Å². The molecular formula is C20H28FN3O4. The van der Waals surface area contributed by atoms with E-state index in [0.717, 1.165) is 0 Å². The van der Waals surface area contributed by atoms with E-state index in [1.165, 1.54) is 19.1 Å². The van der Waals surface area contributed by atoms with E-state index in [1.54, 1.807) is 28.9 Å². The van der Waals surface area contributed by atoms with Crippen LogP contribution in [0.5, 0.6) is 0 Å². The van der Waals surface area contributed by atoms with Gasteiger partial charge in [0.2, 0.25) is 11.8 Å². The molecule has 1 heterocycles. The first kappa shape index (κ1) is 21.7. The number of carbonyl (C=O) groups excluding carboxylic acids is 3. The molecule has 1 saturated heterocycles. The maximum Gasteiger partial charge on any atom is 0.409 e. The van der Waals surface area contributed by atoms with Crippen LogP contribution in [0.2, 0.25) is 0 Å². The van der Waals surface area contributed by atoms with Crippen molar-refractivity contribution < 1.29 is 23.5 Å². The molecule has 0 radical (unpaired) electrons. The molecule has 1 N–H and O–H groups in total. The fraction of sp³-hybridized carbons (Fsp3) is 0.550. The Morgan fingerprint density at radius 1 is 1.29 bits per heavy atom. The number of likely N-dealkylation sites (tertiary alicyclic amines) is 1. The molecule has 2 rings (SSSR count). The first-order valence-electron chi connectivity index (χ1n) is 9.60. The van der Waals surface area contributed by atoms with E-state index in [-0.39, 0.29) is 36.2 Å². The zero-order valence-corrected chi connectivity index (χ0v) is 16.4. The van der Waals surface area contributed by atoms with E-state index < -0.39 is 0 Å². The number of benzene rings is 1. The number of hydrogen-bond acceptors (Lipinski definition) is 4. The van der Waals surface area contributed by atoms with E-state index in [4.69, 9.17) is 4.74 Å². The number of nitrogens with one attached hydrogen (secondary N) is 1. The van der Waals surface area contributed by atoms with Crippen molar-refractivity contribution in [3.05, 3.63) is 35.6 Å². The van der Waals surface area contributed by atoms with Gasteiger partial charge in [0, 0.05) is 39.1 Å². The standard InChI is InChI=1S/C20H28FN3O4/c1-3-28-20(27)23-10-7-18(8-11-23)24(15(2)25)12-9-22-19(26)14-16-5-4-6-17(21)13-16/h4-6,13,18H,3,7-12,14H2,1-2H3,(H,22,26). The SMILES string of the molecule is CCOC(=O)N1CCC(N(CCNC(=O)Cc2cccc(F)c2)C(C)=O)CC1. The summed E-state index contributed by atoms with van der Waals surface area (Å²) in [7, 11) is 0. The molecule has 154 valence electrons. The second-order valence-corrected chi connectivity index (χ2v) is 6.79. The monoisotopic (exact) mass is 393 g/mol. The highest BCUT2D eigenvalue weighted by Crippen LogP contribution is 2.17. The zero-order valence-electron chi connectivity index (χ0n) is 16.4. The Morgan fingerprint density at radius 3 is 2.61 bits per heavy atom. The molecule has 1 aliphatic rings. The summed E-state index contributed by atoms with van der Waals surface area (Å²) in [6, 6.07) is 5.96. The van der Waals surface area contributed by atoms with E-state index in [0.29, 0.717) is 51.2 Å². The molecule has 0 bridgehead atoms. The summed E-state index contributed by atoms with van der Waals surface area (Å²) in [5, 5.41) is 2.78. The number of ether oxygens (including phenoxy) is 1. The summed E-state index contributed by atoms with van der Waals surface area (Å²) in [4.78, 5) is 39.2. The summed E-state index contributed by atoms with van der Waals surface area (Å²) in [5.74, 6) is -0.651. The molecule has 1 aromatic carbocycles. The molecule has 0 unspecified atom stereocenters. The van der Waals surface area contributed by atoms with Crippen LogP contribution in [0.4, 0.5) is 9.18 Å². The lowest BCUT2D eigenvalue weighted by atomic mass is 10.0. The number of rotatable bonds is 7. The van der Waals surface area contributed by atoms with Gasteiger partial charge in [-0.05, 0) is 37.5 Å². The van der Waals surface area contributed by atoms with Gasteiger partial charge in [-0.3, -0.25) is 9.59 Å². The number of halogens is 1. The first-order chi connectivity index (χ1) is 13.4. The Labute approximate surface area is 164 Å². The van der Waals surface area contributed by atoms with Crippen LogP contribution in [-0.2, 0) is 20.7 Å². The van der Waals surface area contributed by atoms with Crippen LogP contribution in [0.3, 0.4) is 0 Å². The van der Waals surface area contributed by atoms with Crippen molar-refractivity contribution in [2.24, 2.45) is 0 Å². The van der Waals surface area contributed by atoms with Crippen LogP contribution in [0, 0.1) is 5.82 Å². The number of carbonyl (C=O) groups is 3. The van der Waals surface area contributed by atoms with Crippen molar-refractivity contribution in [1.29, 1.82) is 0 Å². The number of piperidine rings is 1. The molecule has 0 atom stereocenters. The molecule has 0 aromatic heterocycles. The molecule has 0 spiro atoms. The van der Waals surface area contributed by atoms with Crippen LogP contribution >= 0.6 is 0 Å². The Bertz CT molecular complexity index is 690. The molecule has 28 heavy (non-hydrogen) atoms. The van der Waals surface area contributed by atoms with Crippen LogP contribution in [-0.4, -0.2) is 66.5 Å². The number of amides is 3. The van der Waals surface area contributed by atoms with Crippen LogP contribution < -0.4 is 5.32 Å². The van der Waals surface area contributed by atoms with Gasteiger partial charge in [0.05, 0.1) is 13.0 Å². The van der Waals surface area contributed by atoms with Gasteiger partial charge in [0.15, 0.2) is 0 Å². The average Bonchev–Trinajstić information content (AvgIpc) is 2.65. The molecule has 1 fully saturated rings. The molecule has 0 saturated carbocycles. The molecule has 7 nitrogen and oxygen atoms in total. The Hall–Kier alpha value is -2.64. The second-order valence-electron chi connectivity index (χ2n) is 6.79. The third kappa shape index (κ3) is 6.51. The van der Waals surface area contributed by atoms with Crippen molar-refractivity contribution in [3.8, 4) is 0 Å². The van der Waals surface area contributed by atoms with E-state index in [2.05, 4.69) is 5.32 Å².